The monoisotopic (exact) mass is 297 g/mol. The normalized spacial score (nSPS) is 18.5. The van der Waals surface area contributed by atoms with Crippen molar-refractivity contribution in [2.75, 3.05) is 7.11 Å². The maximum Gasteiger partial charge on any atom is 0.314 e. The molecule has 0 amide bonds. The molecule has 0 radical (unpaired) electrons. The molecule has 3 nitrogen and oxygen atoms in total. The number of esters is 1. The fraction of sp³-hybridized carbons (Fsp3) is 0.538. The zero-order valence-electron chi connectivity index (χ0n) is 10.1. The third-order valence-corrected chi connectivity index (χ3v) is 3.86. The SMILES string of the molecule is COC(=O)C(CC1(C)CC1)c1ccc(Br)cn1. The molecule has 1 atom stereocenters. The van der Waals surface area contributed by atoms with Crippen LogP contribution in [0.3, 0.4) is 0 Å². The van der Waals surface area contributed by atoms with Crippen LogP contribution in [0.5, 0.6) is 0 Å². The van der Waals surface area contributed by atoms with Gasteiger partial charge in [-0.1, -0.05) is 6.92 Å². The molecule has 1 aromatic heterocycles. The lowest BCUT2D eigenvalue weighted by atomic mass is 9.90. The summed E-state index contributed by atoms with van der Waals surface area (Å²) in [6.45, 7) is 2.21. The van der Waals surface area contributed by atoms with E-state index >= 15 is 0 Å². The second-order valence-electron chi connectivity index (χ2n) is 4.99. The van der Waals surface area contributed by atoms with Crippen molar-refractivity contribution in [1.29, 1.82) is 0 Å². The summed E-state index contributed by atoms with van der Waals surface area (Å²) in [6, 6.07) is 3.80. The maximum absolute atomic E-state index is 11.8. The van der Waals surface area contributed by atoms with Crippen molar-refractivity contribution < 1.29 is 9.53 Å². The van der Waals surface area contributed by atoms with E-state index in [1.54, 1.807) is 6.20 Å². The van der Waals surface area contributed by atoms with Crippen molar-refractivity contribution in [1.82, 2.24) is 4.98 Å². The Morgan fingerprint density at radius 3 is 2.76 bits per heavy atom. The number of carbonyl (C=O) groups excluding carboxylic acids is 1. The molecule has 1 aliphatic rings. The van der Waals surface area contributed by atoms with Crippen LogP contribution < -0.4 is 0 Å². The van der Waals surface area contributed by atoms with Gasteiger partial charge in [0, 0.05) is 10.7 Å². The van der Waals surface area contributed by atoms with E-state index < -0.39 is 0 Å². The van der Waals surface area contributed by atoms with E-state index in [9.17, 15) is 4.79 Å². The molecule has 0 aliphatic heterocycles. The molecule has 1 fully saturated rings. The molecule has 1 aromatic rings. The second-order valence-corrected chi connectivity index (χ2v) is 5.91. The summed E-state index contributed by atoms with van der Waals surface area (Å²) in [7, 11) is 1.43. The minimum Gasteiger partial charge on any atom is -0.469 e. The lowest BCUT2D eigenvalue weighted by molar-refractivity contribution is -0.143. The Hall–Kier alpha value is -0.900. The lowest BCUT2D eigenvalue weighted by Crippen LogP contribution is -2.18. The number of aromatic nitrogens is 1. The van der Waals surface area contributed by atoms with Crippen LogP contribution in [0.25, 0.3) is 0 Å². The van der Waals surface area contributed by atoms with Crippen molar-refractivity contribution in [3.63, 3.8) is 0 Å². The Balaban J connectivity index is 2.20. The Morgan fingerprint density at radius 2 is 2.29 bits per heavy atom. The smallest absolute Gasteiger partial charge is 0.314 e. The zero-order chi connectivity index (χ0) is 12.5. The quantitative estimate of drug-likeness (QED) is 0.801. The molecule has 4 heteroatoms. The van der Waals surface area contributed by atoms with Gasteiger partial charge in [-0.3, -0.25) is 9.78 Å². The van der Waals surface area contributed by atoms with Crippen LogP contribution in [0.4, 0.5) is 0 Å². The van der Waals surface area contributed by atoms with Gasteiger partial charge >= 0.3 is 5.97 Å². The molecule has 0 bridgehead atoms. The van der Waals surface area contributed by atoms with Crippen LogP contribution in [-0.4, -0.2) is 18.1 Å². The van der Waals surface area contributed by atoms with E-state index in [1.165, 1.54) is 20.0 Å². The maximum atomic E-state index is 11.8. The van der Waals surface area contributed by atoms with Gasteiger partial charge in [0.25, 0.3) is 0 Å². The van der Waals surface area contributed by atoms with Crippen molar-refractivity contribution in [3.8, 4) is 0 Å². The summed E-state index contributed by atoms with van der Waals surface area (Å²) in [6.07, 6.45) is 4.93. The number of hydrogen-bond donors (Lipinski definition) is 0. The second kappa shape index (κ2) is 4.77. The fourth-order valence-electron chi connectivity index (χ4n) is 1.95. The average molecular weight is 298 g/mol. The Labute approximate surface area is 110 Å². The summed E-state index contributed by atoms with van der Waals surface area (Å²) < 4.78 is 5.80. The van der Waals surface area contributed by atoms with Gasteiger partial charge in [-0.05, 0) is 52.7 Å². The van der Waals surface area contributed by atoms with Gasteiger partial charge in [0.05, 0.1) is 18.7 Å². The topological polar surface area (TPSA) is 39.2 Å². The average Bonchev–Trinajstić information content (AvgIpc) is 3.05. The predicted molar refractivity (Wildman–Crippen MR) is 68.7 cm³/mol. The molecule has 0 saturated heterocycles. The van der Waals surface area contributed by atoms with E-state index in [4.69, 9.17) is 4.74 Å². The number of methoxy groups -OCH3 is 1. The van der Waals surface area contributed by atoms with Crippen molar-refractivity contribution >= 4 is 21.9 Å². The van der Waals surface area contributed by atoms with Crippen LogP contribution in [-0.2, 0) is 9.53 Å². The number of pyridine rings is 1. The van der Waals surface area contributed by atoms with Crippen LogP contribution in [0.1, 0.15) is 37.8 Å². The van der Waals surface area contributed by atoms with Crippen molar-refractivity contribution in [2.45, 2.75) is 32.1 Å². The van der Waals surface area contributed by atoms with Gasteiger partial charge in [0.2, 0.25) is 0 Å². The van der Waals surface area contributed by atoms with Gasteiger partial charge < -0.3 is 4.74 Å². The zero-order valence-corrected chi connectivity index (χ0v) is 11.7. The lowest BCUT2D eigenvalue weighted by Gasteiger charge is -2.17. The van der Waals surface area contributed by atoms with Crippen LogP contribution >= 0.6 is 15.9 Å². The van der Waals surface area contributed by atoms with E-state index in [-0.39, 0.29) is 11.9 Å². The van der Waals surface area contributed by atoms with Crippen molar-refractivity contribution in [3.05, 3.63) is 28.5 Å². The van der Waals surface area contributed by atoms with E-state index in [1.807, 2.05) is 12.1 Å². The third-order valence-electron chi connectivity index (χ3n) is 3.39. The molecule has 1 aliphatic carbocycles. The van der Waals surface area contributed by atoms with Gasteiger partial charge in [-0.2, -0.15) is 0 Å². The summed E-state index contributed by atoms with van der Waals surface area (Å²) in [5.41, 5.74) is 1.10. The first kappa shape index (κ1) is 12.6. The highest BCUT2D eigenvalue weighted by Crippen LogP contribution is 2.51. The summed E-state index contributed by atoms with van der Waals surface area (Å²) in [5, 5.41) is 0. The first-order valence-corrected chi connectivity index (χ1v) is 6.53. The molecule has 0 aromatic carbocycles. The number of carbonyl (C=O) groups is 1. The largest absolute Gasteiger partial charge is 0.469 e. The fourth-order valence-corrected chi connectivity index (χ4v) is 2.19. The highest BCUT2D eigenvalue weighted by molar-refractivity contribution is 9.10. The molecule has 2 rings (SSSR count). The molecule has 0 N–H and O–H groups in total. The van der Waals surface area contributed by atoms with Crippen LogP contribution in [0, 0.1) is 5.41 Å². The Kier molecular flexibility index (Phi) is 3.52. The number of halogens is 1. The minimum atomic E-state index is -0.236. The molecule has 1 heterocycles. The van der Waals surface area contributed by atoms with E-state index in [0.29, 0.717) is 5.41 Å². The standard InChI is InChI=1S/C13H16BrNO2/c1-13(5-6-13)7-10(12(16)17-2)11-4-3-9(14)8-15-11/h3-4,8,10H,5-7H2,1-2H3. The molecule has 92 valence electrons. The molecular weight excluding hydrogens is 282 g/mol. The number of rotatable bonds is 4. The van der Waals surface area contributed by atoms with Gasteiger partial charge in [0.1, 0.15) is 0 Å². The minimum absolute atomic E-state index is 0.187. The summed E-state index contributed by atoms with van der Waals surface area (Å²) >= 11 is 3.34. The van der Waals surface area contributed by atoms with Gasteiger partial charge in [0.15, 0.2) is 0 Å². The molecule has 1 saturated carbocycles. The summed E-state index contributed by atoms with van der Waals surface area (Å²) in [4.78, 5) is 16.1. The summed E-state index contributed by atoms with van der Waals surface area (Å²) in [5.74, 6) is -0.423. The molecule has 17 heavy (non-hydrogen) atoms. The molecule has 1 unspecified atom stereocenters. The predicted octanol–water partition coefficient (Wildman–Crippen LogP) is 3.29. The van der Waals surface area contributed by atoms with Crippen LogP contribution in [0.15, 0.2) is 22.8 Å². The van der Waals surface area contributed by atoms with Crippen LogP contribution in [0.2, 0.25) is 0 Å². The number of ether oxygens (including phenoxy) is 1. The van der Waals surface area contributed by atoms with Gasteiger partial charge in [-0.15, -0.1) is 0 Å². The number of nitrogens with zero attached hydrogens (tertiary/aromatic N) is 1. The molecule has 0 spiro atoms. The first-order valence-electron chi connectivity index (χ1n) is 5.73. The van der Waals surface area contributed by atoms with Gasteiger partial charge in [-0.25, -0.2) is 0 Å². The first-order chi connectivity index (χ1) is 8.04. The molecular formula is C13H16BrNO2. The Morgan fingerprint density at radius 1 is 1.59 bits per heavy atom. The number of hydrogen-bond acceptors (Lipinski definition) is 3. The highest BCUT2D eigenvalue weighted by atomic mass is 79.9. The van der Waals surface area contributed by atoms with Crippen molar-refractivity contribution in [2.24, 2.45) is 5.41 Å². The Bertz CT molecular complexity index is 412. The van der Waals surface area contributed by atoms with E-state index in [0.717, 1.165) is 16.6 Å². The third kappa shape index (κ3) is 3.06. The van der Waals surface area contributed by atoms with E-state index in [2.05, 4.69) is 27.8 Å². The highest BCUT2D eigenvalue weighted by Gasteiger charge is 2.42.